The van der Waals surface area contributed by atoms with E-state index in [0.717, 1.165) is 0 Å². The first-order chi connectivity index (χ1) is 12.6. The molecule has 0 aromatic heterocycles. The van der Waals surface area contributed by atoms with E-state index in [9.17, 15) is 27.4 Å². The van der Waals surface area contributed by atoms with Crippen molar-refractivity contribution in [1.82, 2.24) is 0 Å². The molecule has 2 aromatic rings. The molecule has 0 radical (unpaired) electrons. The molecule has 0 aliphatic rings. The molecule has 0 saturated heterocycles. The Bertz CT molecular complexity index is 1100. The van der Waals surface area contributed by atoms with Crippen molar-refractivity contribution in [2.24, 2.45) is 5.92 Å². The maximum Gasteiger partial charge on any atom is 0.184 e. The van der Waals surface area contributed by atoms with Crippen LogP contribution in [0.25, 0.3) is 0 Å². The minimum atomic E-state index is -4.30. The third-order valence-electron chi connectivity index (χ3n) is 3.75. The molecule has 2 aromatic carbocycles. The van der Waals surface area contributed by atoms with Gasteiger partial charge in [-0.2, -0.15) is 10.5 Å². The summed E-state index contributed by atoms with van der Waals surface area (Å²) in [4.78, 5) is -0.378. The third-order valence-corrected chi connectivity index (χ3v) is 8.42. The monoisotopic (exact) mass is 442 g/mol. The van der Waals surface area contributed by atoms with Gasteiger partial charge in [0.1, 0.15) is 5.25 Å². The first-order valence-corrected chi connectivity index (χ1v) is 11.3. The van der Waals surface area contributed by atoms with Gasteiger partial charge in [-0.25, -0.2) is 16.8 Å². The Kier molecular flexibility index (Phi) is 6.50. The van der Waals surface area contributed by atoms with E-state index in [1.807, 2.05) is 0 Å². The lowest BCUT2D eigenvalue weighted by Crippen LogP contribution is -2.35. The van der Waals surface area contributed by atoms with Crippen LogP contribution in [-0.4, -0.2) is 27.8 Å². The number of sulfone groups is 2. The number of rotatable bonds is 6. The molecular formula is C17H12Cl2N2O4S2. The summed E-state index contributed by atoms with van der Waals surface area (Å²) in [6, 6.07) is 13.4. The van der Waals surface area contributed by atoms with Gasteiger partial charge in [-0.1, -0.05) is 23.2 Å². The van der Waals surface area contributed by atoms with Crippen LogP contribution in [-0.2, 0) is 19.7 Å². The van der Waals surface area contributed by atoms with Crippen molar-refractivity contribution in [3.63, 3.8) is 0 Å². The minimum Gasteiger partial charge on any atom is -0.224 e. The van der Waals surface area contributed by atoms with E-state index in [4.69, 9.17) is 23.2 Å². The second kappa shape index (κ2) is 8.28. The molecule has 0 saturated carbocycles. The molecule has 140 valence electrons. The topological polar surface area (TPSA) is 116 Å². The summed E-state index contributed by atoms with van der Waals surface area (Å²) in [5.41, 5.74) is 0. The molecule has 0 aliphatic heterocycles. The van der Waals surface area contributed by atoms with Gasteiger partial charge in [0.25, 0.3) is 0 Å². The van der Waals surface area contributed by atoms with Crippen molar-refractivity contribution in [3.05, 3.63) is 58.6 Å². The van der Waals surface area contributed by atoms with E-state index in [1.54, 1.807) is 12.1 Å². The highest BCUT2D eigenvalue weighted by atomic mass is 35.5. The third kappa shape index (κ3) is 4.79. The van der Waals surface area contributed by atoms with Crippen molar-refractivity contribution in [1.29, 1.82) is 10.5 Å². The maximum atomic E-state index is 12.9. The largest absolute Gasteiger partial charge is 0.224 e. The summed E-state index contributed by atoms with van der Waals surface area (Å²) < 4.78 is 51.2. The Labute approximate surface area is 167 Å². The van der Waals surface area contributed by atoms with Crippen LogP contribution in [0.2, 0.25) is 10.0 Å². The van der Waals surface area contributed by atoms with Crippen LogP contribution in [0.5, 0.6) is 0 Å². The zero-order chi connectivity index (χ0) is 20.2. The van der Waals surface area contributed by atoms with Gasteiger partial charge in [0, 0.05) is 10.0 Å². The molecule has 0 aliphatic carbocycles. The van der Waals surface area contributed by atoms with E-state index in [-0.39, 0.29) is 14.8 Å². The van der Waals surface area contributed by atoms with Crippen LogP contribution in [0.15, 0.2) is 58.3 Å². The number of benzene rings is 2. The molecule has 0 spiro atoms. The van der Waals surface area contributed by atoms with Gasteiger partial charge in [0.2, 0.25) is 0 Å². The second-order valence-corrected chi connectivity index (χ2v) is 10.6. The van der Waals surface area contributed by atoms with Crippen molar-refractivity contribution in [2.45, 2.75) is 15.0 Å². The highest BCUT2D eigenvalue weighted by Gasteiger charge is 2.39. The predicted molar refractivity (Wildman–Crippen MR) is 101 cm³/mol. The van der Waals surface area contributed by atoms with Crippen molar-refractivity contribution in [2.75, 3.05) is 5.75 Å². The number of nitriles is 2. The van der Waals surface area contributed by atoms with Crippen molar-refractivity contribution >= 4 is 42.9 Å². The van der Waals surface area contributed by atoms with Gasteiger partial charge in [0.05, 0.1) is 27.7 Å². The lowest BCUT2D eigenvalue weighted by Gasteiger charge is -2.18. The van der Waals surface area contributed by atoms with Gasteiger partial charge in [-0.15, -0.1) is 0 Å². The molecule has 6 nitrogen and oxygen atoms in total. The van der Waals surface area contributed by atoms with Gasteiger partial charge in [-0.05, 0) is 48.5 Å². The summed E-state index contributed by atoms with van der Waals surface area (Å²) >= 11 is 11.5. The smallest absolute Gasteiger partial charge is 0.184 e. The average molecular weight is 443 g/mol. The van der Waals surface area contributed by atoms with Crippen molar-refractivity contribution in [3.8, 4) is 12.1 Å². The zero-order valence-corrected chi connectivity index (χ0v) is 16.7. The van der Waals surface area contributed by atoms with Gasteiger partial charge < -0.3 is 0 Å². The van der Waals surface area contributed by atoms with Crippen LogP contribution < -0.4 is 0 Å². The first-order valence-electron chi connectivity index (χ1n) is 7.39. The number of hydrogen-bond donors (Lipinski definition) is 0. The summed E-state index contributed by atoms with van der Waals surface area (Å²) in [6.07, 6.45) is 0. The fraction of sp³-hybridized carbons (Fsp3) is 0.176. The van der Waals surface area contributed by atoms with Gasteiger partial charge >= 0.3 is 0 Å². The first kappa shape index (κ1) is 21.2. The lowest BCUT2D eigenvalue weighted by molar-refractivity contribution is 0.564. The maximum absolute atomic E-state index is 12.9. The zero-order valence-electron chi connectivity index (χ0n) is 13.6. The summed E-state index contributed by atoms with van der Waals surface area (Å²) in [6.45, 7) is 0. The Balaban J connectivity index is 2.53. The number of halogens is 2. The quantitative estimate of drug-likeness (QED) is 0.677. The SMILES string of the molecule is N#CC(C#N)C(CS(=O)(=O)c1ccc(Cl)cc1)S(=O)(=O)c1ccc(Cl)cc1. The fourth-order valence-electron chi connectivity index (χ4n) is 2.31. The van der Waals surface area contributed by atoms with Gasteiger partial charge in [0.15, 0.2) is 25.6 Å². The molecule has 2 rings (SSSR count). The molecule has 1 unspecified atom stereocenters. The molecule has 0 bridgehead atoms. The Hall–Kier alpha value is -2.10. The summed E-state index contributed by atoms with van der Waals surface area (Å²) in [7, 11) is -8.41. The van der Waals surface area contributed by atoms with E-state index >= 15 is 0 Å². The average Bonchev–Trinajstić information content (AvgIpc) is 2.62. The highest BCUT2D eigenvalue weighted by Crippen LogP contribution is 2.27. The Morgan fingerprint density at radius 3 is 1.59 bits per heavy atom. The fourth-order valence-corrected chi connectivity index (χ4v) is 6.53. The second-order valence-electron chi connectivity index (χ2n) is 5.51. The molecule has 10 heteroatoms. The van der Waals surface area contributed by atoms with Gasteiger partial charge in [-0.3, -0.25) is 0 Å². The van der Waals surface area contributed by atoms with Crippen LogP contribution in [0, 0.1) is 28.6 Å². The Morgan fingerprint density at radius 1 is 0.778 bits per heavy atom. The minimum absolute atomic E-state index is 0.155. The van der Waals surface area contributed by atoms with E-state index in [2.05, 4.69) is 0 Å². The van der Waals surface area contributed by atoms with Crippen LogP contribution in [0.4, 0.5) is 0 Å². The number of hydrogen-bond acceptors (Lipinski definition) is 6. The molecule has 1 atom stereocenters. The van der Waals surface area contributed by atoms with E-state index < -0.39 is 36.6 Å². The molecule has 0 fully saturated rings. The molecule has 0 N–H and O–H groups in total. The normalized spacial score (nSPS) is 12.9. The molecular weight excluding hydrogens is 431 g/mol. The lowest BCUT2D eigenvalue weighted by atomic mass is 10.1. The van der Waals surface area contributed by atoms with E-state index in [1.165, 1.54) is 48.5 Å². The molecule has 0 amide bonds. The van der Waals surface area contributed by atoms with E-state index in [0.29, 0.717) is 5.02 Å². The summed E-state index contributed by atoms with van der Waals surface area (Å²) in [5, 5.41) is 17.2. The van der Waals surface area contributed by atoms with Crippen molar-refractivity contribution < 1.29 is 16.8 Å². The standard InChI is InChI=1S/C17H12Cl2N2O4S2/c18-13-1-5-15(6-2-13)26(22,23)11-17(12(9-20)10-21)27(24,25)16-7-3-14(19)4-8-16/h1-8,12,17H,11H2. The molecule has 0 heterocycles. The van der Waals surface area contributed by atoms with Crippen LogP contribution >= 0.6 is 23.2 Å². The predicted octanol–water partition coefficient (Wildman–Crippen LogP) is 3.27. The molecule has 27 heavy (non-hydrogen) atoms. The Morgan fingerprint density at radius 2 is 1.19 bits per heavy atom. The highest BCUT2D eigenvalue weighted by molar-refractivity contribution is 7.95. The summed E-state index contributed by atoms with van der Waals surface area (Å²) in [5.74, 6) is -2.60. The number of nitrogens with zero attached hydrogens (tertiary/aromatic N) is 2. The van der Waals surface area contributed by atoms with Crippen LogP contribution in [0.1, 0.15) is 0 Å². The van der Waals surface area contributed by atoms with Crippen LogP contribution in [0.3, 0.4) is 0 Å².